The van der Waals surface area contributed by atoms with Crippen molar-refractivity contribution in [3.8, 4) is 0 Å². The molecule has 1 saturated heterocycles. The molecule has 2 heterocycles. The second kappa shape index (κ2) is 7.45. The Balaban J connectivity index is 1.85. The first-order valence-corrected chi connectivity index (χ1v) is 8.23. The van der Waals surface area contributed by atoms with Crippen molar-refractivity contribution in [2.24, 2.45) is 0 Å². The lowest BCUT2D eigenvalue weighted by Crippen LogP contribution is -2.49. The average Bonchev–Trinajstić information content (AvgIpc) is 2.62. The highest BCUT2D eigenvalue weighted by Gasteiger charge is 2.37. The molecule has 0 radical (unpaired) electrons. The minimum atomic E-state index is -4.51. The van der Waals surface area contributed by atoms with Gasteiger partial charge in [-0.3, -0.25) is 14.2 Å². The first kappa shape index (κ1) is 18.4. The summed E-state index contributed by atoms with van der Waals surface area (Å²) in [5.41, 5.74) is 0.0145. The predicted molar refractivity (Wildman–Crippen MR) is 87.6 cm³/mol. The normalized spacial score (nSPS) is 16.0. The molecule has 1 fully saturated rings. The Morgan fingerprint density at radius 2 is 1.96 bits per heavy atom. The van der Waals surface area contributed by atoms with Crippen LogP contribution in [0.3, 0.4) is 0 Å². The van der Waals surface area contributed by atoms with Gasteiger partial charge in [0, 0.05) is 19.3 Å². The molecule has 1 amide bonds. The number of aromatic nitrogens is 2. The van der Waals surface area contributed by atoms with E-state index < -0.39 is 36.8 Å². The fourth-order valence-electron chi connectivity index (χ4n) is 3.07. The van der Waals surface area contributed by atoms with Gasteiger partial charge in [-0.05, 0) is 25.0 Å². The van der Waals surface area contributed by atoms with Crippen LogP contribution in [0.5, 0.6) is 0 Å². The van der Waals surface area contributed by atoms with E-state index in [-0.39, 0.29) is 0 Å². The van der Waals surface area contributed by atoms with E-state index in [4.69, 9.17) is 4.74 Å². The van der Waals surface area contributed by atoms with Crippen LogP contribution in [0.15, 0.2) is 35.4 Å². The van der Waals surface area contributed by atoms with E-state index in [2.05, 4.69) is 4.98 Å². The van der Waals surface area contributed by atoms with E-state index in [9.17, 15) is 22.8 Å². The van der Waals surface area contributed by atoms with Crippen molar-refractivity contribution in [1.82, 2.24) is 14.5 Å². The summed E-state index contributed by atoms with van der Waals surface area (Å²) in [4.78, 5) is 29.9. The molecule has 26 heavy (non-hydrogen) atoms. The molecule has 1 aromatic heterocycles. The van der Waals surface area contributed by atoms with Gasteiger partial charge in [-0.15, -0.1) is 0 Å². The monoisotopic (exact) mass is 369 g/mol. The van der Waals surface area contributed by atoms with Gasteiger partial charge in [0.05, 0.1) is 17.2 Å². The van der Waals surface area contributed by atoms with Crippen molar-refractivity contribution < 1.29 is 22.7 Å². The van der Waals surface area contributed by atoms with Gasteiger partial charge in [0.25, 0.3) is 5.56 Å². The third kappa shape index (κ3) is 4.21. The van der Waals surface area contributed by atoms with E-state index in [0.29, 0.717) is 37.0 Å². The van der Waals surface area contributed by atoms with E-state index in [0.717, 1.165) is 9.47 Å². The minimum absolute atomic E-state index is 0.309. The molecule has 3 rings (SSSR count). The van der Waals surface area contributed by atoms with Crippen LogP contribution in [-0.2, 0) is 16.1 Å². The third-order valence-corrected chi connectivity index (χ3v) is 4.34. The molecular weight excluding hydrogens is 351 g/mol. The van der Waals surface area contributed by atoms with Gasteiger partial charge in [0.1, 0.15) is 13.1 Å². The smallest absolute Gasteiger partial charge is 0.381 e. The molecule has 1 aromatic carbocycles. The van der Waals surface area contributed by atoms with Crippen molar-refractivity contribution in [2.45, 2.75) is 31.6 Å². The Hall–Kier alpha value is -2.42. The van der Waals surface area contributed by atoms with Crippen molar-refractivity contribution >= 4 is 16.8 Å². The summed E-state index contributed by atoms with van der Waals surface area (Å²) >= 11 is 0. The third-order valence-electron chi connectivity index (χ3n) is 4.34. The van der Waals surface area contributed by atoms with Gasteiger partial charge >= 0.3 is 6.18 Å². The summed E-state index contributed by atoms with van der Waals surface area (Å²) in [5, 5.41) is 0.316. The van der Waals surface area contributed by atoms with Crippen LogP contribution in [0, 0.1) is 0 Å². The second-order valence-electron chi connectivity index (χ2n) is 6.18. The number of nitrogens with zero attached hydrogens (tertiary/aromatic N) is 3. The van der Waals surface area contributed by atoms with Crippen molar-refractivity contribution in [3.63, 3.8) is 0 Å². The Bertz CT molecular complexity index is 844. The lowest BCUT2D eigenvalue weighted by Gasteiger charge is -2.35. The summed E-state index contributed by atoms with van der Waals surface area (Å²) in [6.07, 6.45) is -2.64. The van der Waals surface area contributed by atoms with E-state index >= 15 is 0 Å². The number of rotatable bonds is 4. The van der Waals surface area contributed by atoms with Crippen LogP contribution in [0.4, 0.5) is 13.2 Å². The lowest BCUT2D eigenvalue weighted by atomic mass is 10.1. The Labute approximate surface area is 147 Å². The molecule has 1 aliphatic heterocycles. The van der Waals surface area contributed by atoms with Crippen molar-refractivity contribution in [2.75, 3.05) is 19.8 Å². The maximum absolute atomic E-state index is 12.9. The molecule has 140 valence electrons. The maximum atomic E-state index is 12.9. The first-order valence-electron chi connectivity index (χ1n) is 8.23. The zero-order chi connectivity index (χ0) is 18.7. The summed E-state index contributed by atoms with van der Waals surface area (Å²) < 4.78 is 45.0. The molecular formula is C17H18F3N3O3. The number of benzene rings is 1. The maximum Gasteiger partial charge on any atom is 0.406 e. The number of hydrogen-bond acceptors (Lipinski definition) is 4. The quantitative estimate of drug-likeness (QED) is 0.827. The molecule has 0 bridgehead atoms. The largest absolute Gasteiger partial charge is 0.406 e. The molecule has 6 nitrogen and oxygen atoms in total. The van der Waals surface area contributed by atoms with Gasteiger partial charge in [-0.2, -0.15) is 13.2 Å². The van der Waals surface area contributed by atoms with Crippen LogP contribution in [0.1, 0.15) is 12.8 Å². The number of carbonyl (C=O) groups is 1. The molecule has 0 spiro atoms. The number of para-hydroxylation sites is 1. The fraction of sp³-hybridized carbons (Fsp3) is 0.471. The molecule has 0 saturated carbocycles. The molecule has 2 aromatic rings. The number of hydrogen-bond donors (Lipinski definition) is 0. The molecule has 0 unspecified atom stereocenters. The average molecular weight is 369 g/mol. The van der Waals surface area contributed by atoms with Crippen LogP contribution >= 0.6 is 0 Å². The number of ether oxygens (including phenoxy) is 1. The Morgan fingerprint density at radius 3 is 2.65 bits per heavy atom. The van der Waals surface area contributed by atoms with Gasteiger partial charge in [-0.25, -0.2) is 4.98 Å². The lowest BCUT2D eigenvalue weighted by molar-refractivity contribution is -0.169. The van der Waals surface area contributed by atoms with Crippen molar-refractivity contribution in [1.29, 1.82) is 0 Å². The summed E-state index contributed by atoms with van der Waals surface area (Å²) in [7, 11) is 0. The number of halogens is 3. The van der Waals surface area contributed by atoms with E-state index in [1.807, 2.05) is 0 Å². The van der Waals surface area contributed by atoms with Crippen LogP contribution in [0.25, 0.3) is 10.9 Å². The van der Waals surface area contributed by atoms with E-state index in [1.165, 1.54) is 6.33 Å². The van der Waals surface area contributed by atoms with Gasteiger partial charge in [0.2, 0.25) is 5.91 Å². The predicted octanol–water partition coefficient (Wildman–Crippen LogP) is 1.97. The molecule has 9 heteroatoms. The fourth-order valence-corrected chi connectivity index (χ4v) is 3.07. The highest BCUT2D eigenvalue weighted by molar-refractivity contribution is 5.79. The topological polar surface area (TPSA) is 64.4 Å². The van der Waals surface area contributed by atoms with Crippen LogP contribution in [0.2, 0.25) is 0 Å². The first-order chi connectivity index (χ1) is 12.3. The number of amides is 1. The standard InChI is InChI=1S/C17H18F3N3O3/c18-17(19,20)10-23(12-5-7-26-8-6-12)15(24)9-22-11-21-14-4-2-1-3-13(14)16(22)25/h1-4,11-12H,5-10H2. The molecule has 0 atom stereocenters. The number of carbonyl (C=O) groups excluding carboxylic acids is 1. The van der Waals surface area contributed by atoms with Gasteiger partial charge in [-0.1, -0.05) is 12.1 Å². The summed E-state index contributed by atoms with van der Waals surface area (Å²) in [6.45, 7) is -1.20. The Kier molecular flexibility index (Phi) is 5.26. The zero-order valence-electron chi connectivity index (χ0n) is 13.9. The van der Waals surface area contributed by atoms with E-state index in [1.54, 1.807) is 24.3 Å². The molecule has 1 aliphatic rings. The van der Waals surface area contributed by atoms with Gasteiger partial charge in [0.15, 0.2) is 0 Å². The summed E-state index contributed by atoms with van der Waals surface area (Å²) in [5.74, 6) is -0.756. The second-order valence-corrected chi connectivity index (χ2v) is 6.18. The number of alkyl halides is 3. The molecule has 0 aliphatic carbocycles. The van der Waals surface area contributed by atoms with Crippen LogP contribution < -0.4 is 5.56 Å². The zero-order valence-corrected chi connectivity index (χ0v) is 13.9. The summed E-state index contributed by atoms with van der Waals surface area (Å²) in [6, 6.07) is 6.05. The molecule has 0 N–H and O–H groups in total. The van der Waals surface area contributed by atoms with Crippen LogP contribution in [-0.4, -0.2) is 52.3 Å². The highest BCUT2D eigenvalue weighted by Crippen LogP contribution is 2.22. The Morgan fingerprint density at radius 1 is 1.27 bits per heavy atom. The SMILES string of the molecule is O=C(Cn1cnc2ccccc2c1=O)N(CC(F)(F)F)C1CCOCC1. The van der Waals surface area contributed by atoms with Gasteiger partial charge < -0.3 is 9.64 Å². The van der Waals surface area contributed by atoms with Crippen molar-refractivity contribution in [3.05, 3.63) is 40.9 Å². The highest BCUT2D eigenvalue weighted by atomic mass is 19.4. The number of fused-ring (bicyclic) bond motifs is 1. The minimum Gasteiger partial charge on any atom is -0.381 e.